The van der Waals surface area contributed by atoms with E-state index < -0.39 is 17.3 Å². The topological polar surface area (TPSA) is 117 Å². The number of hydrogen-bond donors (Lipinski definition) is 3. The summed E-state index contributed by atoms with van der Waals surface area (Å²) in [5, 5.41) is 4.43. The van der Waals surface area contributed by atoms with Crippen molar-refractivity contribution in [2.75, 3.05) is 0 Å². The van der Waals surface area contributed by atoms with Crippen LogP contribution >= 0.6 is 34.5 Å². The summed E-state index contributed by atoms with van der Waals surface area (Å²) in [6.07, 6.45) is 3.03. The van der Waals surface area contributed by atoms with Gasteiger partial charge >= 0.3 is 0 Å². The predicted octanol–water partition coefficient (Wildman–Crippen LogP) is 3.60. The van der Waals surface area contributed by atoms with E-state index in [-0.39, 0.29) is 11.6 Å². The van der Waals surface area contributed by atoms with Crippen LogP contribution in [0.15, 0.2) is 30.6 Å². The quantitative estimate of drug-likeness (QED) is 0.440. The summed E-state index contributed by atoms with van der Waals surface area (Å²) in [6.45, 7) is 3.88. The average molecular weight is 486 g/mol. The lowest BCUT2D eigenvalue weighted by Crippen LogP contribution is -2.28. The van der Waals surface area contributed by atoms with E-state index in [0.29, 0.717) is 33.5 Å². The molecule has 2 unspecified atom stereocenters. The maximum atomic E-state index is 12.4. The van der Waals surface area contributed by atoms with Crippen LogP contribution in [0.25, 0.3) is 0 Å². The number of rotatable bonds is 7. The van der Waals surface area contributed by atoms with Crippen molar-refractivity contribution in [3.05, 3.63) is 73.2 Å². The minimum Gasteiger partial charge on any atom is -0.346 e. The van der Waals surface area contributed by atoms with Gasteiger partial charge in [0.05, 0.1) is 35.2 Å². The second-order valence-electron chi connectivity index (χ2n) is 6.26. The first-order valence-electron chi connectivity index (χ1n) is 8.59. The average Bonchev–Trinajstić information content (AvgIpc) is 3.08. The molecule has 2 heterocycles. The third-order valence-corrected chi connectivity index (χ3v) is 5.81. The number of amides is 1. The lowest BCUT2D eigenvalue weighted by Gasteiger charge is -2.19. The fourth-order valence-electron chi connectivity index (χ4n) is 2.75. The number of carbonyl (C=O) groups excluding carboxylic acids is 1. The summed E-state index contributed by atoms with van der Waals surface area (Å²) in [7, 11) is 0. The van der Waals surface area contributed by atoms with E-state index in [1.807, 2.05) is 6.92 Å². The van der Waals surface area contributed by atoms with Gasteiger partial charge in [0, 0.05) is 21.1 Å². The number of halogens is 2. The van der Waals surface area contributed by atoms with Crippen LogP contribution in [0.4, 0.5) is 0 Å². The summed E-state index contributed by atoms with van der Waals surface area (Å²) >= 11 is 11.3. The van der Waals surface area contributed by atoms with Gasteiger partial charge in [-0.3, -0.25) is 14.3 Å². The molecule has 3 N–H and O–H groups in total. The largest absolute Gasteiger partial charge is 0.346 e. The van der Waals surface area contributed by atoms with Gasteiger partial charge in [0.15, 0.2) is 0 Å². The zero-order valence-electron chi connectivity index (χ0n) is 15.8. The minimum atomic E-state index is -2.34. The summed E-state index contributed by atoms with van der Waals surface area (Å²) in [5.41, 5.74) is 1.44. The smallest absolute Gasteiger partial charge is 0.271 e. The fraction of sp³-hybridized carbons (Fsp3) is 0.222. The van der Waals surface area contributed by atoms with Gasteiger partial charge in [0.25, 0.3) is 5.91 Å². The van der Waals surface area contributed by atoms with Gasteiger partial charge in [0.1, 0.15) is 5.69 Å². The van der Waals surface area contributed by atoms with E-state index in [4.69, 9.17) is 23.2 Å². The molecule has 1 aromatic carbocycles. The number of carbonyl (C=O) groups is 1. The highest BCUT2D eigenvalue weighted by Gasteiger charge is 2.22. The molecule has 0 fully saturated rings. The molecule has 30 heavy (non-hydrogen) atoms. The number of nitrogens with one attached hydrogen (secondary N) is 2. The second-order valence-corrected chi connectivity index (χ2v) is 9.18. The van der Waals surface area contributed by atoms with E-state index in [0.717, 1.165) is 9.88 Å². The van der Waals surface area contributed by atoms with Crippen molar-refractivity contribution in [1.29, 1.82) is 0 Å². The van der Waals surface area contributed by atoms with Crippen LogP contribution in [0.2, 0.25) is 10.0 Å². The third-order valence-electron chi connectivity index (χ3n) is 4.02. The van der Waals surface area contributed by atoms with Crippen molar-refractivity contribution in [1.82, 2.24) is 25.0 Å². The van der Waals surface area contributed by atoms with Crippen LogP contribution in [-0.4, -0.2) is 29.6 Å². The van der Waals surface area contributed by atoms with E-state index in [2.05, 4.69) is 25.0 Å². The SMILES string of the molecule is Cc1ncc(CNC(=O)c2cnc(C(NS(=O)O)c3cc(Cl)cc(Cl)c3)c(C)n2)s1. The first kappa shape index (κ1) is 22.7. The number of hydrogen-bond acceptors (Lipinski definition) is 6. The molecule has 3 aromatic rings. The molecule has 0 saturated heterocycles. The Balaban J connectivity index is 1.85. The highest BCUT2D eigenvalue weighted by atomic mass is 35.5. The van der Waals surface area contributed by atoms with Crippen LogP contribution in [0.1, 0.15) is 43.4 Å². The van der Waals surface area contributed by atoms with Crippen LogP contribution in [0.5, 0.6) is 0 Å². The molecule has 0 aliphatic carbocycles. The maximum Gasteiger partial charge on any atom is 0.271 e. The molecule has 12 heteroatoms. The molecule has 2 atom stereocenters. The van der Waals surface area contributed by atoms with Gasteiger partial charge in [-0.2, -0.15) is 0 Å². The van der Waals surface area contributed by atoms with Crippen molar-refractivity contribution in [2.24, 2.45) is 0 Å². The van der Waals surface area contributed by atoms with Crippen LogP contribution in [-0.2, 0) is 17.8 Å². The van der Waals surface area contributed by atoms with Gasteiger partial charge in [-0.05, 0) is 37.6 Å². The number of aryl methyl sites for hydroxylation is 2. The summed E-state index contributed by atoms with van der Waals surface area (Å²) in [4.78, 5) is 26.1. The molecule has 0 spiro atoms. The Hall–Kier alpha value is -1.95. The van der Waals surface area contributed by atoms with Crippen LogP contribution in [0.3, 0.4) is 0 Å². The zero-order valence-corrected chi connectivity index (χ0v) is 19.0. The van der Waals surface area contributed by atoms with Crippen LogP contribution < -0.4 is 10.0 Å². The lowest BCUT2D eigenvalue weighted by atomic mass is 10.0. The van der Waals surface area contributed by atoms with Gasteiger partial charge in [0.2, 0.25) is 11.3 Å². The highest BCUT2D eigenvalue weighted by molar-refractivity contribution is 7.77. The first-order chi connectivity index (χ1) is 14.2. The second kappa shape index (κ2) is 9.90. The van der Waals surface area contributed by atoms with Crippen molar-refractivity contribution in [3.8, 4) is 0 Å². The molecule has 158 valence electrons. The molecule has 0 saturated carbocycles. The highest BCUT2D eigenvalue weighted by Crippen LogP contribution is 2.28. The van der Waals surface area contributed by atoms with Crippen LogP contribution in [0, 0.1) is 13.8 Å². The van der Waals surface area contributed by atoms with Crippen molar-refractivity contribution < 1.29 is 13.6 Å². The molecule has 8 nitrogen and oxygen atoms in total. The van der Waals surface area contributed by atoms with Crippen molar-refractivity contribution in [2.45, 2.75) is 26.4 Å². The molecular weight excluding hydrogens is 469 g/mol. The number of aromatic nitrogens is 3. The Kier molecular flexibility index (Phi) is 7.50. The number of benzene rings is 1. The zero-order chi connectivity index (χ0) is 21.8. The Morgan fingerprint density at radius 3 is 2.47 bits per heavy atom. The summed E-state index contributed by atoms with van der Waals surface area (Å²) in [5.74, 6) is -0.385. The molecular formula is C18H17Cl2N5O3S2. The van der Waals surface area contributed by atoms with Crippen molar-refractivity contribution >= 4 is 51.7 Å². The van der Waals surface area contributed by atoms with Gasteiger partial charge in [-0.1, -0.05) is 23.2 Å². The Labute approximate surface area is 189 Å². The summed E-state index contributed by atoms with van der Waals surface area (Å²) < 4.78 is 23.3. The Bertz CT molecular complexity index is 1090. The maximum absolute atomic E-state index is 12.4. The summed E-state index contributed by atoms with van der Waals surface area (Å²) in [6, 6.07) is 3.96. The molecule has 0 aliphatic rings. The molecule has 0 bridgehead atoms. The number of nitrogens with zero attached hydrogens (tertiary/aromatic N) is 3. The van der Waals surface area contributed by atoms with Crippen molar-refractivity contribution in [3.63, 3.8) is 0 Å². The Morgan fingerprint density at radius 2 is 1.90 bits per heavy atom. The molecule has 1 amide bonds. The van der Waals surface area contributed by atoms with Gasteiger partial charge in [-0.25, -0.2) is 18.9 Å². The predicted molar refractivity (Wildman–Crippen MR) is 117 cm³/mol. The molecule has 2 aromatic heterocycles. The monoisotopic (exact) mass is 485 g/mol. The van der Waals surface area contributed by atoms with E-state index in [1.165, 1.54) is 17.5 Å². The minimum absolute atomic E-state index is 0.130. The number of thiazole rings is 1. The molecule has 0 radical (unpaired) electrons. The first-order valence-corrected chi connectivity index (χ1v) is 11.3. The Morgan fingerprint density at radius 1 is 1.20 bits per heavy atom. The molecule has 3 rings (SSSR count). The normalized spacial score (nSPS) is 13.1. The molecule has 0 aliphatic heterocycles. The van der Waals surface area contributed by atoms with E-state index in [1.54, 1.807) is 31.3 Å². The third kappa shape index (κ3) is 5.81. The van der Waals surface area contributed by atoms with Gasteiger partial charge < -0.3 is 5.32 Å². The van der Waals surface area contributed by atoms with E-state index in [9.17, 15) is 13.6 Å². The van der Waals surface area contributed by atoms with Gasteiger partial charge in [-0.15, -0.1) is 11.3 Å². The standard InChI is InChI=1S/C18H17Cl2N5O3S2/c1-9-16(17(25-30(27)28)11-3-12(19)5-13(20)4-11)22-8-15(24-9)18(26)23-7-14-6-21-10(2)29-14/h3-6,8,17,25H,7H2,1-2H3,(H,23,26)(H,27,28). The lowest BCUT2D eigenvalue weighted by molar-refractivity contribution is 0.0945. The van der Waals surface area contributed by atoms with E-state index >= 15 is 0 Å². The fourth-order valence-corrected chi connectivity index (χ4v) is 4.48.